The topological polar surface area (TPSA) is 15.3 Å². The van der Waals surface area contributed by atoms with Crippen LogP contribution in [-0.2, 0) is 0 Å². The summed E-state index contributed by atoms with van der Waals surface area (Å²) in [7, 11) is 2.03. The Kier molecular flexibility index (Phi) is 6.71. The lowest BCUT2D eigenvalue weighted by Crippen LogP contribution is -2.31. The van der Waals surface area contributed by atoms with Crippen molar-refractivity contribution in [3.8, 4) is 0 Å². The van der Waals surface area contributed by atoms with Gasteiger partial charge in [-0.15, -0.1) is 0 Å². The fraction of sp³-hybridized carbons (Fsp3) is 0.600. The van der Waals surface area contributed by atoms with Crippen molar-refractivity contribution in [2.45, 2.75) is 39.2 Å². The molecule has 0 aliphatic rings. The Hall–Kier alpha value is -1.02. The number of nitrogens with zero attached hydrogens (tertiary/aromatic N) is 1. The monoisotopic (exact) mass is 234 g/mol. The molecule has 0 spiro atoms. The third-order valence-electron chi connectivity index (χ3n) is 3.23. The molecule has 17 heavy (non-hydrogen) atoms. The van der Waals surface area contributed by atoms with Gasteiger partial charge in [0.2, 0.25) is 0 Å². The third kappa shape index (κ3) is 5.22. The summed E-state index contributed by atoms with van der Waals surface area (Å²) in [4.78, 5) is 2.50. The van der Waals surface area contributed by atoms with Crippen molar-refractivity contribution in [1.82, 2.24) is 5.32 Å². The normalized spacial score (nSPS) is 12.4. The van der Waals surface area contributed by atoms with Gasteiger partial charge in [0.15, 0.2) is 0 Å². The van der Waals surface area contributed by atoms with E-state index in [1.54, 1.807) is 0 Å². The smallest absolute Gasteiger partial charge is 0.0366 e. The van der Waals surface area contributed by atoms with E-state index in [0.717, 1.165) is 13.1 Å². The molecular weight excluding hydrogens is 208 g/mol. The molecule has 0 fully saturated rings. The molecule has 0 aliphatic heterocycles. The van der Waals surface area contributed by atoms with Crippen LogP contribution in [0.25, 0.3) is 0 Å². The number of hydrogen-bond donors (Lipinski definition) is 1. The van der Waals surface area contributed by atoms with E-state index in [2.05, 4.69) is 54.4 Å². The minimum absolute atomic E-state index is 0.586. The average Bonchev–Trinajstić information content (AvgIpc) is 2.39. The van der Waals surface area contributed by atoms with Crippen molar-refractivity contribution in [3.05, 3.63) is 30.3 Å². The summed E-state index contributed by atoms with van der Waals surface area (Å²) in [6, 6.07) is 11.3. The van der Waals surface area contributed by atoms with Crippen LogP contribution in [0.3, 0.4) is 0 Å². The van der Waals surface area contributed by atoms with Crippen LogP contribution in [0.2, 0.25) is 0 Å². The van der Waals surface area contributed by atoms with Gasteiger partial charge in [0.25, 0.3) is 0 Å². The largest absolute Gasteiger partial charge is 0.371 e. The highest BCUT2D eigenvalue weighted by molar-refractivity contribution is 5.45. The van der Waals surface area contributed by atoms with Gasteiger partial charge in [-0.2, -0.15) is 0 Å². The summed E-state index contributed by atoms with van der Waals surface area (Å²) in [6.07, 6.45) is 3.71. The molecule has 1 N–H and O–H groups in total. The minimum atomic E-state index is 0.586. The highest BCUT2D eigenvalue weighted by Crippen LogP contribution is 2.14. The predicted molar refractivity (Wildman–Crippen MR) is 76.7 cm³/mol. The first-order valence-electron chi connectivity index (χ1n) is 6.75. The molecule has 0 radical (unpaired) electrons. The summed E-state index contributed by atoms with van der Waals surface area (Å²) in [5.41, 5.74) is 1.35. The minimum Gasteiger partial charge on any atom is -0.371 e. The Morgan fingerprint density at radius 1 is 1.18 bits per heavy atom. The van der Waals surface area contributed by atoms with E-state index in [1.165, 1.54) is 24.9 Å². The number of benzene rings is 1. The van der Waals surface area contributed by atoms with E-state index in [9.17, 15) is 0 Å². The fourth-order valence-corrected chi connectivity index (χ4v) is 1.85. The van der Waals surface area contributed by atoms with Gasteiger partial charge in [0.05, 0.1) is 0 Å². The molecule has 0 bridgehead atoms. The first-order valence-corrected chi connectivity index (χ1v) is 6.75. The molecule has 1 atom stereocenters. The molecule has 0 amide bonds. The number of rotatable bonds is 8. The summed E-state index contributed by atoms with van der Waals surface area (Å²) in [5.74, 6) is 0. The third-order valence-corrected chi connectivity index (χ3v) is 3.23. The Balaban J connectivity index is 2.54. The Bertz CT molecular complexity index is 284. The molecule has 96 valence electrons. The SMILES string of the molecule is CCCCN(CCC(C)NC)c1ccccc1. The second-order valence-corrected chi connectivity index (χ2v) is 4.65. The van der Waals surface area contributed by atoms with Gasteiger partial charge >= 0.3 is 0 Å². The zero-order chi connectivity index (χ0) is 12.5. The van der Waals surface area contributed by atoms with Crippen molar-refractivity contribution < 1.29 is 0 Å². The molecule has 2 heteroatoms. The van der Waals surface area contributed by atoms with Crippen molar-refractivity contribution in [2.24, 2.45) is 0 Å². The number of anilines is 1. The van der Waals surface area contributed by atoms with Crippen LogP contribution in [-0.4, -0.2) is 26.2 Å². The zero-order valence-electron chi connectivity index (χ0n) is 11.4. The molecule has 0 heterocycles. The zero-order valence-corrected chi connectivity index (χ0v) is 11.4. The predicted octanol–water partition coefficient (Wildman–Crippen LogP) is 3.29. The second kappa shape index (κ2) is 8.13. The van der Waals surface area contributed by atoms with Crippen molar-refractivity contribution in [1.29, 1.82) is 0 Å². The Morgan fingerprint density at radius 2 is 1.88 bits per heavy atom. The Labute approximate surface area is 106 Å². The van der Waals surface area contributed by atoms with Crippen molar-refractivity contribution in [3.63, 3.8) is 0 Å². The van der Waals surface area contributed by atoms with Crippen LogP contribution in [0, 0.1) is 0 Å². The van der Waals surface area contributed by atoms with Gasteiger partial charge in [0.1, 0.15) is 0 Å². The number of para-hydroxylation sites is 1. The lowest BCUT2D eigenvalue weighted by Gasteiger charge is -2.26. The van der Waals surface area contributed by atoms with Gasteiger partial charge in [-0.1, -0.05) is 31.5 Å². The summed E-state index contributed by atoms with van der Waals surface area (Å²) >= 11 is 0. The van der Waals surface area contributed by atoms with Crippen LogP contribution in [0.5, 0.6) is 0 Å². The summed E-state index contributed by atoms with van der Waals surface area (Å²) in [5, 5.41) is 3.30. The average molecular weight is 234 g/mol. The van der Waals surface area contributed by atoms with E-state index >= 15 is 0 Å². The van der Waals surface area contributed by atoms with Crippen LogP contribution in [0.4, 0.5) is 5.69 Å². The molecule has 0 aliphatic carbocycles. The van der Waals surface area contributed by atoms with Crippen LogP contribution < -0.4 is 10.2 Å². The van der Waals surface area contributed by atoms with Crippen LogP contribution >= 0.6 is 0 Å². The summed E-state index contributed by atoms with van der Waals surface area (Å²) in [6.45, 7) is 6.78. The van der Waals surface area contributed by atoms with E-state index in [1.807, 2.05) is 7.05 Å². The van der Waals surface area contributed by atoms with Crippen LogP contribution in [0.1, 0.15) is 33.1 Å². The number of hydrogen-bond acceptors (Lipinski definition) is 2. The molecule has 0 saturated carbocycles. The fourth-order valence-electron chi connectivity index (χ4n) is 1.85. The summed E-state index contributed by atoms with van der Waals surface area (Å²) < 4.78 is 0. The molecule has 1 rings (SSSR count). The maximum atomic E-state index is 3.30. The van der Waals surface area contributed by atoms with Gasteiger partial charge < -0.3 is 10.2 Å². The first-order chi connectivity index (χ1) is 8.27. The van der Waals surface area contributed by atoms with Crippen molar-refractivity contribution in [2.75, 3.05) is 25.0 Å². The molecular formula is C15H26N2. The quantitative estimate of drug-likeness (QED) is 0.742. The van der Waals surface area contributed by atoms with Gasteiger partial charge in [0, 0.05) is 24.8 Å². The van der Waals surface area contributed by atoms with Crippen molar-refractivity contribution >= 4 is 5.69 Å². The first kappa shape index (κ1) is 14.0. The lowest BCUT2D eigenvalue weighted by molar-refractivity contribution is 0.552. The van der Waals surface area contributed by atoms with Gasteiger partial charge in [-0.25, -0.2) is 0 Å². The Morgan fingerprint density at radius 3 is 2.47 bits per heavy atom. The van der Waals surface area contributed by atoms with E-state index in [4.69, 9.17) is 0 Å². The molecule has 1 unspecified atom stereocenters. The number of unbranched alkanes of at least 4 members (excludes halogenated alkanes) is 1. The maximum absolute atomic E-state index is 3.30. The van der Waals surface area contributed by atoms with Gasteiger partial charge in [-0.05, 0) is 38.9 Å². The highest BCUT2D eigenvalue weighted by Gasteiger charge is 2.07. The molecule has 1 aromatic carbocycles. The molecule has 0 aromatic heterocycles. The lowest BCUT2D eigenvalue weighted by atomic mass is 10.2. The van der Waals surface area contributed by atoms with Gasteiger partial charge in [-0.3, -0.25) is 0 Å². The van der Waals surface area contributed by atoms with E-state index in [0.29, 0.717) is 6.04 Å². The van der Waals surface area contributed by atoms with E-state index in [-0.39, 0.29) is 0 Å². The standard InChI is InChI=1S/C15H26N2/c1-4-5-12-17(13-11-14(2)16-3)15-9-7-6-8-10-15/h6-10,14,16H,4-5,11-13H2,1-3H3. The van der Waals surface area contributed by atoms with Crippen LogP contribution in [0.15, 0.2) is 30.3 Å². The van der Waals surface area contributed by atoms with E-state index < -0.39 is 0 Å². The highest BCUT2D eigenvalue weighted by atomic mass is 15.1. The molecule has 2 nitrogen and oxygen atoms in total. The maximum Gasteiger partial charge on any atom is 0.0366 e. The number of nitrogens with one attached hydrogen (secondary N) is 1. The second-order valence-electron chi connectivity index (χ2n) is 4.65. The molecule has 0 saturated heterocycles. The molecule has 1 aromatic rings.